The molecule has 0 saturated heterocycles. The van der Waals surface area contributed by atoms with E-state index in [2.05, 4.69) is 12.1 Å². The Balaban J connectivity index is 2.33. The number of nitrogens with two attached hydrogens (primary N) is 1. The van der Waals surface area contributed by atoms with Crippen LogP contribution in [0.15, 0.2) is 30.3 Å². The molecule has 66 valence electrons. The Bertz CT molecular complexity index is 215. The first-order valence-electron chi connectivity index (χ1n) is 3.89. The van der Waals surface area contributed by atoms with Gasteiger partial charge in [0.05, 0.1) is 0 Å². The van der Waals surface area contributed by atoms with Crippen LogP contribution in [0.1, 0.15) is 0 Å². The minimum absolute atomic E-state index is 0.329. The Morgan fingerprint density at radius 1 is 1.33 bits per heavy atom. The molecule has 3 heteroatoms. The van der Waals surface area contributed by atoms with Gasteiger partial charge in [-0.3, -0.25) is 0 Å². The van der Waals surface area contributed by atoms with Gasteiger partial charge in [-0.1, -0.05) is 0 Å². The topological polar surface area (TPSA) is 46.2 Å². The van der Waals surface area contributed by atoms with Crippen LogP contribution in [0.3, 0.4) is 0 Å². The zero-order valence-electron chi connectivity index (χ0n) is 6.81. The molecule has 3 N–H and O–H groups in total. The Hall–Kier alpha value is -0.341. The normalized spacial score (nSPS) is 12.8. The predicted octanol–water partition coefficient (Wildman–Crippen LogP) is -0.246. The number of benzene rings is 1. The van der Waals surface area contributed by atoms with E-state index in [0.717, 1.165) is 5.32 Å². The van der Waals surface area contributed by atoms with Gasteiger partial charge in [-0.15, -0.1) is 0 Å². The van der Waals surface area contributed by atoms with Crippen molar-refractivity contribution in [2.45, 2.75) is 11.4 Å². The van der Waals surface area contributed by atoms with Crippen molar-refractivity contribution in [3.63, 3.8) is 0 Å². The van der Waals surface area contributed by atoms with Crippen molar-refractivity contribution in [3.05, 3.63) is 30.3 Å². The Labute approximate surface area is 78.9 Å². The summed E-state index contributed by atoms with van der Waals surface area (Å²) >= 11 is 0.361. The van der Waals surface area contributed by atoms with Crippen LogP contribution in [-0.4, -0.2) is 32.7 Å². The summed E-state index contributed by atoms with van der Waals surface area (Å²) in [7, 11) is 0. The van der Waals surface area contributed by atoms with Gasteiger partial charge in [-0.2, -0.15) is 0 Å². The molecule has 1 unspecified atom stereocenters. The summed E-state index contributed by atoms with van der Waals surface area (Å²) in [5.74, 6) is 0. The van der Waals surface area contributed by atoms with Gasteiger partial charge >= 0.3 is 78.6 Å². The fourth-order valence-electron chi connectivity index (χ4n) is 0.777. The second-order valence-corrected chi connectivity index (χ2v) is 4.81. The van der Waals surface area contributed by atoms with Gasteiger partial charge in [0.2, 0.25) is 0 Å². The van der Waals surface area contributed by atoms with Gasteiger partial charge in [0, 0.05) is 0 Å². The van der Waals surface area contributed by atoms with Crippen molar-refractivity contribution in [3.8, 4) is 0 Å². The third-order valence-electron chi connectivity index (χ3n) is 1.46. The van der Waals surface area contributed by atoms with Gasteiger partial charge in [0.15, 0.2) is 0 Å². The van der Waals surface area contributed by atoms with Gasteiger partial charge in [-0.05, 0) is 0 Å². The van der Waals surface area contributed by atoms with E-state index in [-0.39, 0.29) is 6.10 Å². The van der Waals surface area contributed by atoms with Crippen LogP contribution in [0.4, 0.5) is 0 Å². The van der Waals surface area contributed by atoms with E-state index in [9.17, 15) is 5.11 Å². The summed E-state index contributed by atoms with van der Waals surface area (Å²) in [5.41, 5.74) is 5.30. The zero-order valence-corrected chi connectivity index (χ0v) is 8.52. The summed E-state index contributed by atoms with van der Waals surface area (Å²) < 4.78 is 1.32. The van der Waals surface area contributed by atoms with Crippen molar-refractivity contribution in [2.24, 2.45) is 5.73 Å². The van der Waals surface area contributed by atoms with Crippen LogP contribution >= 0.6 is 0 Å². The first-order chi connectivity index (χ1) is 5.83. The number of aliphatic hydroxyl groups excluding tert-OH is 1. The third kappa shape index (κ3) is 3.37. The first-order valence-corrected chi connectivity index (χ1v) is 5.95. The number of hydrogen-bond acceptors (Lipinski definition) is 2. The van der Waals surface area contributed by atoms with Crippen molar-refractivity contribution in [1.82, 2.24) is 0 Å². The Kier molecular flexibility index (Phi) is 4.33. The van der Waals surface area contributed by atoms with Gasteiger partial charge in [0.25, 0.3) is 0 Å². The van der Waals surface area contributed by atoms with Crippen LogP contribution in [0.5, 0.6) is 0 Å². The molecule has 0 aromatic heterocycles. The molecule has 0 saturated carbocycles. The van der Waals surface area contributed by atoms with E-state index in [0.29, 0.717) is 21.5 Å². The molecule has 0 heterocycles. The van der Waals surface area contributed by atoms with Gasteiger partial charge in [-0.25, -0.2) is 0 Å². The second kappa shape index (κ2) is 5.33. The molecule has 0 aliphatic carbocycles. The number of hydrogen-bond donors (Lipinski definition) is 2. The Morgan fingerprint density at radius 2 is 2.00 bits per heavy atom. The van der Waals surface area contributed by atoms with E-state index in [1.54, 1.807) is 0 Å². The van der Waals surface area contributed by atoms with E-state index in [1.807, 2.05) is 18.2 Å². The monoisotopic (exact) mass is 231 g/mol. The molecule has 0 radical (unpaired) electrons. The van der Waals surface area contributed by atoms with E-state index in [4.69, 9.17) is 5.73 Å². The number of aliphatic hydroxyl groups is 1. The van der Waals surface area contributed by atoms with Gasteiger partial charge in [0.1, 0.15) is 0 Å². The molecule has 1 rings (SSSR count). The number of rotatable bonds is 4. The summed E-state index contributed by atoms with van der Waals surface area (Å²) in [6.07, 6.45) is -0.329. The zero-order chi connectivity index (χ0) is 8.81. The van der Waals surface area contributed by atoms with Crippen molar-refractivity contribution < 1.29 is 5.11 Å². The molecule has 0 spiro atoms. The summed E-state index contributed by atoms with van der Waals surface area (Å²) in [6, 6.07) is 10.2. The molecule has 0 aliphatic heterocycles. The SMILES string of the molecule is NCC(O)C[Se]c1ccccc1. The fraction of sp³-hybridized carbons (Fsp3) is 0.333. The van der Waals surface area contributed by atoms with Crippen molar-refractivity contribution >= 4 is 19.4 Å². The van der Waals surface area contributed by atoms with Crippen LogP contribution in [0.2, 0.25) is 5.32 Å². The summed E-state index contributed by atoms with van der Waals surface area (Å²) in [4.78, 5) is 0. The van der Waals surface area contributed by atoms with Crippen LogP contribution < -0.4 is 10.2 Å². The minimum atomic E-state index is -0.329. The van der Waals surface area contributed by atoms with Crippen LogP contribution in [0.25, 0.3) is 0 Å². The molecule has 1 atom stereocenters. The molecule has 1 aromatic rings. The molecular weight excluding hydrogens is 217 g/mol. The third-order valence-corrected chi connectivity index (χ3v) is 3.89. The molecule has 0 fully saturated rings. The molecule has 1 aromatic carbocycles. The predicted molar refractivity (Wildman–Crippen MR) is 51.7 cm³/mol. The van der Waals surface area contributed by atoms with Crippen LogP contribution in [-0.2, 0) is 0 Å². The molecule has 0 aliphatic rings. The van der Waals surface area contributed by atoms with E-state index in [1.165, 1.54) is 4.46 Å². The Morgan fingerprint density at radius 3 is 2.58 bits per heavy atom. The summed E-state index contributed by atoms with van der Waals surface area (Å²) in [5, 5.41) is 10.0. The second-order valence-electron chi connectivity index (χ2n) is 2.51. The van der Waals surface area contributed by atoms with Crippen molar-refractivity contribution in [1.29, 1.82) is 0 Å². The molecule has 12 heavy (non-hydrogen) atoms. The average molecular weight is 230 g/mol. The van der Waals surface area contributed by atoms with Gasteiger partial charge < -0.3 is 0 Å². The maximum atomic E-state index is 9.21. The van der Waals surface area contributed by atoms with Crippen molar-refractivity contribution in [2.75, 3.05) is 6.54 Å². The molecular formula is C9H13NOSe. The van der Waals surface area contributed by atoms with Crippen LogP contribution in [0, 0.1) is 0 Å². The maximum absolute atomic E-state index is 9.21. The molecule has 2 nitrogen and oxygen atoms in total. The standard InChI is InChI=1S/C9H13NOSe/c10-6-8(11)7-12-9-4-2-1-3-5-9/h1-5,8,11H,6-7,10H2. The van der Waals surface area contributed by atoms with E-state index >= 15 is 0 Å². The fourth-order valence-corrected chi connectivity index (χ4v) is 2.60. The van der Waals surface area contributed by atoms with E-state index < -0.39 is 0 Å². The molecule has 0 amide bonds. The summed E-state index contributed by atoms with van der Waals surface area (Å²) in [6.45, 7) is 0.370. The first kappa shape index (κ1) is 9.75. The quantitative estimate of drug-likeness (QED) is 0.701. The average Bonchev–Trinajstić information content (AvgIpc) is 2.16. The molecule has 0 bridgehead atoms.